The van der Waals surface area contributed by atoms with Crippen molar-refractivity contribution >= 4 is 27.5 Å². The second-order valence-corrected chi connectivity index (χ2v) is 10.1. The Morgan fingerprint density at radius 3 is 2.34 bits per heavy atom. The van der Waals surface area contributed by atoms with Crippen LogP contribution < -0.4 is 0 Å². The summed E-state index contributed by atoms with van der Waals surface area (Å²) in [6.07, 6.45) is 3.34. The first kappa shape index (κ1) is 20.4. The fourth-order valence-corrected chi connectivity index (χ4v) is 6.05. The minimum Gasteiger partial charge on any atom is -0.335 e. The predicted octanol–water partition coefficient (Wildman–Crippen LogP) is 4.10. The second kappa shape index (κ2) is 8.46. The molecule has 2 aliphatic heterocycles. The molecule has 0 spiro atoms. The van der Waals surface area contributed by atoms with Crippen LogP contribution in [0.3, 0.4) is 0 Å². The number of sulfonamides is 1. The zero-order valence-electron chi connectivity index (χ0n) is 16.2. The van der Waals surface area contributed by atoms with E-state index < -0.39 is 10.0 Å². The van der Waals surface area contributed by atoms with Crippen molar-refractivity contribution in [1.29, 1.82) is 0 Å². The van der Waals surface area contributed by atoms with E-state index in [-0.39, 0.29) is 29.3 Å². The van der Waals surface area contributed by atoms with Gasteiger partial charge in [0.25, 0.3) is 0 Å². The number of piperidine rings is 1. The smallest absolute Gasteiger partial charge is 0.243 e. The highest BCUT2D eigenvalue weighted by atomic mass is 35.5. The molecule has 4 rings (SSSR count). The Morgan fingerprint density at radius 2 is 1.62 bits per heavy atom. The van der Waals surface area contributed by atoms with Crippen molar-refractivity contribution in [2.24, 2.45) is 5.92 Å². The lowest BCUT2D eigenvalue weighted by atomic mass is 9.96. The SMILES string of the molecule is O=C(C1CCCN(S(=O)(=O)c2ccc(Cl)cc2)C1)N1CCCC1c1ccccc1. The van der Waals surface area contributed by atoms with E-state index in [1.807, 2.05) is 23.1 Å². The normalized spacial score (nSPS) is 23.3. The number of amides is 1. The van der Waals surface area contributed by atoms with Gasteiger partial charge < -0.3 is 4.90 Å². The van der Waals surface area contributed by atoms with E-state index in [0.29, 0.717) is 18.0 Å². The van der Waals surface area contributed by atoms with Gasteiger partial charge in [0, 0.05) is 24.7 Å². The van der Waals surface area contributed by atoms with Gasteiger partial charge in [-0.15, -0.1) is 0 Å². The topological polar surface area (TPSA) is 57.7 Å². The monoisotopic (exact) mass is 432 g/mol. The molecule has 2 aromatic carbocycles. The molecule has 0 aliphatic carbocycles. The van der Waals surface area contributed by atoms with Crippen molar-refractivity contribution in [2.45, 2.75) is 36.6 Å². The quantitative estimate of drug-likeness (QED) is 0.730. The van der Waals surface area contributed by atoms with Crippen LogP contribution in [0.5, 0.6) is 0 Å². The lowest BCUT2D eigenvalue weighted by Crippen LogP contribution is -2.46. The summed E-state index contributed by atoms with van der Waals surface area (Å²) in [4.78, 5) is 15.5. The van der Waals surface area contributed by atoms with E-state index in [4.69, 9.17) is 11.6 Å². The number of hydrogen-bond acceptors (Lipinski definition) is 3. The minimum atomic E-state index is -3.63. The van der Waals surface area contributed by atoms with E-state index in [9.17, 15) is 13.2 Å². The highest BCUT2D eigenvalue weighted by Gasteiger charge is 2.38. The Hall–Kier alpha value is -1.89. The average molecular weight is 433 g/mol. The van der Waals surface area contributed by atoms with Crippen LogP contribution >= 0.6 is 11.6 Å². The number of benzene rings is 2. The van der Waals surface area contributed by atoms with Gasteiger partial charge in [-0.05, 0) is 55.5 Å². The first-order valence-electron chi connectivity index (χ1n) is 10.1. The van der Waals surface area contributed by atoms with Crippen LogP contribution in [0, 0.1) is 5.92 Å². The second-order valence-electron chi connectivity index (χ2n) is 7.76. The van der Waals surface area contributed by atoms with E-state index >= 15 is 0 Å². The number of likely N-dealkylation sites (tertiary alicyclic amines) is 1. The van der Waals surface area contributed by atoms with Crippen molar-refractivity contribution < 1.29 is 13.2 Å². The van der Waals surface area contributed by atoms with Crippen LogP contribution in [0.15, 0.2) is 59.5 Å². The van der Waals surface area contributed by atoms with Crippen LogP contribution in [0.1, 0.15) is 37.3 Å². The molecular formula is C22H25ClN2O3S. The van der Waals surface area contributed by atoms with Gasteiger partial charge >= 0.3 is 0 Å². The molecule has 7 heteroatoms. The summed E-state index contributed by atoms with van der Waals surface area (Å²) >= 11 is 5.89. The van der Waals surface area contributed by atoms with Gasteiger partial charge in [0.1, 0.15) is 0 Å². The van der Waals surface area contributed by atoms with Crippen molar-refractivity contribution in [1.82, 2.24) is 9.21 Å². The molecule has 0 bridgehead atoms. The molecule has 0 saturated carbocycles. The average Bonchev–Trinajstić information content (AvgIpc) is 3.24. The Balaban J connectivity index is 1.50. The molecule has 2 aromatic rings. The van der Waals surface area contributed by atoms with E-state index in [2.05, 4.69) is 12.1 Å². The summed E-state index contributed by atoms with van der Waals surface area (Å²) in [7, 11) is -3.63. The Morgan fingerprint density at radius 1 is 0.931 bits per heavy atom. The van der Waals surface area contributed by atoms with E-state index in [1.54, 1.807) is 12.1 Å². The fourth-order valence-electron chi connectivity index (χ4n) is 4.40. The maximum absolute atomic E-state index is 13.3. The van der Waals surface area contributed by atoms with Gasteiger partial charge in [0.05, 0.1) is 16.9 Å². The standard InChI is InChI=1S/C22H25ClN2O3S/c23-19-10-12-20(13-11-19)29(27,28)24-14-4-8-18(16-24)22(26)25-15-5-9-21(25)17-6-2-1-3-7-17/h1-3,6-7,10-13,18,21H,4-5,8-9,14-16H2. The van der Waals surface area contributed by atoms with Crippen molar-refractivity contribution in [3.63, 3.8) is 0 Å². The van der Waals surface area contributed by atoms with Gasteiger partial charge in [-0.3, -0.25) is 4.79 Å². The predicted molar refractivity (Wildman–Crippen MR) is 113 cm³/mol. The summed E-state index contributed by atoms with van der Waals surface area (Å²) in [6.45, 7) is 1.41. The van der Waals surface area contributed by atoms with Crippen LogP contribution in [0.25, 0.3) is 0 Å². The van der Waals surface area contributed by atoms with Crippen LogP contribution in [0.2, 0.25) is 5.02 Å². The Kier molecular flexibility index (Phi) is 5.95. The molecule has 1 amide bonds. The number of hydrogen-bond donors (Lipinski definition) is 0. The third kappa shape index (κ3) is 4.20. The first-order valence-corrected chi connectivity index (χ1v) is 11.9. The summed E-state index contributed by atoms with van der Waals surface area (Å²) in [5, 5.41) is 0.497. The molecule has 29 heavy (non-hydrogen) atoms. The number of rotatable bonds is 4. The molecule has 2 unspecified atom stereocenters. The zero-order valence-corrected chi connectivity index (χ0v) is 17.8. The highest BCUT2D eigenvalue weighted by molar-refractivity contribution is 7.89. The summed E-state index contributed by atoms with van der Waals surface area (Å²) < 4.78 is 27.5. The third-order valence-electron chi connectivity index (χ3n) is 5.91. The molecule has 154 valence electrons. The van der Waals surface area contributed by atoms with Crippen LogP contribution in [-0.2, 0) is 14.8 Å². The van der Waals surface area contributed by atoms with Gasteiger partial charge in [-0.2, -0.15) is 4.31 Å². The summed E-state index contributed by atoms with van der Waals surface area (Å²) in [6, 6.07) is 16.4. The lowest BCUT2D eigenvalue weighted by Gasteiger charge is -2.35. The molecule has 0 N–H and O–H groups in total. The summed E-state index contributed by atoms with van der Waals surface area (Å²) in [5.41, 5.74) is 1.15. The number of carbonyl (C=O) groups is 1. The molecule has 2 atom stereocenters. The van der Waals surface area contributed by atoms with Gasteiger partial charge in [-0.25, -0.2) is 8.42 Å². The molecule has 2 heterocycles. The molecular weight excluding hydrogens is 408 g/mol. The molecule has 2 fully saturated rings. The van der Waals surface area contributed by atoms with Gasteiger partial charge in [-0.1, -0.05) is 41.9 Å². The Labute approximate surface area is 177 Å². The zero-order chi connectivity index (χ0) is 20.4. The molecule has 0 radical (unpaired) electrons. The molecule has 0 aromatic heterocycles. The van der Waals surface area contributed by atoms with Crippen LogP contribution in [0.4, 0.5) is 0 Å². The maximum Gasteiger partial charge on any atom is 0.243 e. The third-order valence-corrected chi connectivity index (χ3v) is 8.04. The van der Waals surface area contributed by atoms with Crippen molar-refractivity contribution in [3.05, 3.63) is 65.2 Å². The molecule has 2 saturated heterocycles. The number of carbonyl (C=O) groups excluding carboxylic acids is 1. The van der Waals surface area contributed by atoms with Crippen molar-refractivity contribution in [2.75, 3.05) is 19.6 Å². The Bertz CT molecular complexity index is 963. The van der Waals surface area contributed by atoms with E-state index in [0.717, 1.165) is 31.4 Å². The lowest BCUT2D eigenvalue weighted by molar-refractivity contribution is -0.137. The molecule has 2 aliphatic rings. The fraction of sp³-hybridized carbons (Fsp3) is 0.409. The van der Waals surface area contributed by atoms with Crippen LogP contribution in [-0.4, -0.2) is 43.2 Å². The maximum atomic E-state index is 13.3. The van der Waals surface area contributed by atoms with Crippen molar-refractivity contribution in [3.8, 4) is 0 Å². The van der Waals surface area contributed by atoms with E-state index in [1.165, 1.54) is 16.4 Å². The highest BCUT2D eigenvalue weighted by Crippen LogP contribution is 2.35. The minimum absolute atomic E-state index is 0.0763. The van der Waals surface area contributed by atoms with Gasteiger partial charge in [0.2, 0.25) is 15.9 Å². The number of nitrogens with zero attached hydrogens (tertiary/aromatic N) is 2. The van der Waals surface area contributed by atoms with Gasteiger partial charge in [0.15, 0.2) is 0 Å². The number of halogens is 1. The summed E-state index contributed by atoms with van der Waals surface area (Å²) in [5.74, 6) is -0.220. The first-order chi connectivity index (χ1) is 14.0. The molecule has 5 nitrogen and oxygen atoms in total. The largest absolute Gasteiger partial charge is 0.335 e.